The summed E-state index contributed by atoms with van der Waals surface area (Å²) < 4.78 is 73.7. The van der Waals surface area contributed by atoms with Gasteiger partial charge in [-0.3, -0.25) is 4.72 Å². The van der Waals surface area contributed by atoms with E-state index in [4.69, 9.17) is 21.5 Å². The highest BCUT2D eigenvalue weighted by atomic mass is 35.5. The minimum Gasteiger partial charge on any atom is -0.475 e. The maximum absolute atomic E-state index is 14.7. The number of thiazole rings is 1. The molecule has 196 valence electrons. The molecule has 15 heteroatoms. The molecule has 0 aliphatic carbocycles. The van der Waals surface area contributed by atoms with Crippen molar-refractivity contribution in [2.45, 2.75) is 17.1 Å². The highest BCUT2D eigenvalue weighted by Crippen LogP contribution is 2.32. The van der Waals surface area contributed by atoms with Crippen LogP contribution < -0.4 is 10.0 Å². The van der Waals surface area contributed by atoms with E-state index < -0.39 is 32.9 Å². The first-order valence-corrected chi connectivity index (χ1v) is 12.6. The molecule has 2 aromatic carbocycles. The molecule has 1 heterocycles. The summed E-state index contributed by atoms with van der Waals surface area (Å²) in [5.74, 6) is -3.66. The third kappa shape index (κ3) is 8.62. The van der Waals surface area contributed by atoms with Crippen LogP contribution in [0.1, 0.15) is 11.6 Å². The molecule has 3 N–H and O–H groups in total. The van der Waals surface area contributed by atoms with Gasteiger partial charge in [0, 0.05) is 18.1 Å². The number of rotatable bonds is 8. The van der Waals surface area contributed by atoms with Crippen LogP contribution in [-0.4, -0.2) is 56.2 Å². The smallest absolute Gasteiger partial charge is 0.475 e. The van der Waals surface area contributed by atoms with Crippen LogP contribution >= 0.6 is 22.9 Å². The van der Waals surface area contributed by atoms with Gasteiger partial charge in [0.2, 0.25) is 0 Å². The van der Waals surface area contributed by atoms with Crippen LogP contribution in [0.4, 0.5) is 28.4 Å². The lowest BCUT2D eigenvalue weighted by Crippen LogP contribution is -2.26. The molecular weight excluding hydrogens is 548 g/mol. The molecule has 0 radical (unpaired) electrons. The Morgan fingerprint density at radius 3 is 2.33 bits per heavy atom. The molecule has 0 aliphatic heterocycles. The fourth-order valence-corrected chi connectivity index (χ4v) is 4.92. The molecule has 0 unspecified atom stereocenters. The van der Waals surface area contributed by atoms with Crippen LogP contribution in [0.2, 0.25) is 5.02 Å². The number of carbonyl (C=O) groups is 1. The quantitative estimate of drug-likeness (QED) is 0.325. The lowest BCUT2D eigenvalue weighted by molar-refractivity contribution is -0.192. The highest BCUT2D eigenvalue weighted by molar-refractivity contribution is 7.93. The van der Waals surface area contributed by atoms with Crippen LogP contribution in [0.25, 0.3) is 0 Å². The number of hydrogen-bond acceptors (Lipinski definition) is 7. The van der Waals surface area contributed by atoms with E-state index in [1.54, 1.807) is 5.38 Å². The number of benzene rings is 2. The molecule has 0 saturated heterocycles. The summed E-state index contributed by atoms with van der Waals surface area (Å²) in [6.45, 7) is 0.633. The van der Waals surface area contributed by atoms with E-state index in [9.17, 15) is 26.0 Å². The second-order valence-electron chi connectivity index (χ2n) is 7.38. The lowest BCUT2D eigenvalue weighted by Gasteiger charge is -2.24. The Morgan fingerprint density at radius 2 is 1.83 bits per heavy atom. The SMILES string of the molecule is CN(C)C[C@@H](Nc1cc(F)c(S(=O)(=O)Nc2nccs2)cc1Cl)c1ccccc1.O=C(O)C(F)(F)F. The number of halogens is 5. The molecule has 1 atom stereocenters. The summed E-state index contributed by atoms with van der Waals surface area (Å²) in [6, 6.07) is 11.7. The van der Waals surface area contributed by atoms with E-state index >= 15 is 0 Å². The van der Waals surface area contributed by atoms with Crippen molar-refractivity contribution < 1.29 is 35.9 Å². The third-order valence-corrected chi connectivity index (χ3v) is 6.77. The molecule has 3 rings (SSSR count). The van der Waals surface area contributed by atoms with Gasteiger partial charge in [-0.05, 0) is 31.8 Å². The first-order valence-electron chi connectivity index (χ1n) is 9.88. The molecule has 0 aliphatic rings. The zero-order chi connectivity index (χ0) is 27.1. The molecule has 1 aromatic heterocycles. The average molecular weight is 569 g/mol. The molecular formula is C21H21ClF4N4O4S2. The van der Waals surface area contributed by atoms with Gasteiger partial charge in [0.25, 0.3) is 10.0 Å². The van der Waals surface area contributed by atoms with Crippen LogP contribution in [0.5, 0.6) is 0 Å². The normalized spacial score (nSPS) is 12.4. The molecule has 0 saturated carbocycles. The lowest BCUT2D eigenvalue weighted by atomic mass is 10.1. The van der Waals surface area contributed by atoms with E-state index in [0.717, 1.165) is 29.0 Å². The standard InChI is InChI=1S/C19H20ClFN4O2S2.C2HF3O2/c1-25(2)12-17(13-6-4-3-5-7-13)23-16-11-15(21)18(10-14(16)20)29(26,27)24-19-22-8-9-28-19;3-2(4,5)1(6)7/h3-11,17,23H,12H2,1-2H3,(H,22,24);(H,6,7)/t17-;/m1./s1. The fraction of sp³-hybridized carbons (Fsp3) is 0.238. The topological polar surface area (TPSA) is 112 Å². The van der Waals surface area contributed by atoms with Crippen LogP contribution in [0.3, 0.4) is 0 Å². The van der Waals surface area contributed by atoms with Gasteiger partial charge in [-0.1, -0.05) is 41.9 Å². The van der Waals surface area contributed by atoms with Crippen LogP contribution in [0, 0.1) is 5.82 Å². The predicted octanol–water partition coefficient (Wildman–Crippen LogP) is 5.08. The Kier molecular flexibility index (Phi) is 10.0. The number of carboxylic acids is 1. The number of nitrogens with one attached hydrogen (secondary N) is 2. The van der Waals surface area contributed by atoms with Crippen molar-refractivity contribution in [2.75, 3.05) is 30.7 Å². The number of sulfonamides is 1. The second-order valence-corrected chi connectivity index (χ2v) is 10.3. The molecule has 0 fully saturated rings. The fourth-order valence-electron chi connectivity index (χ4n) is 2.76. The maximum Gasteiger partial charge on any atom is 0.490 e. The third-order valence-electron chi connectivity index (χ3n) is 4.29. The number of aromatic nitrogens is 1. The van der Waals surface area contributed by atoms with Gasteiger partial charge in [-0.2, -0.15) is 13.2 Å². The number of carboxylic acid groups (broad SMARTS) is 1. The summed E-state index contributed by atoms with van der Waals surface area (Å²) >= 11 is 7.40. The van der Waals surface area contributed by atoms with Crippen molar-refractivity contribution in [2.24, 2.45) is 0 Å². The Labute approximate surface area is 213 Å². The van der Waals surface area contributed by atoms with E-state index in [1.807, 2.05) is 49.3 Å². The summed E-state index contributed by atoms with van der Waals surface area (Å²) in [5, 5.41) is 12.2. The molecule has 0 amide bonds. The van der Waals surface area contributed by atoms with Gasteiger partial charge < -0.3 is 15.3 Å². The molecule has 0 spiro atoms. The monoisotopic (exact) mass is 568 g/mol. The van der Waals surface area contributed by atoms with Gasteiger partial charge >= 0.3 is 12.1 Å². The van der Waals surface area contributed by atoms with Crippen LogP contribution in [0.15, 0.2) is 58.9 Å². The number of nitrogens with zero attached hydrogens (tertiary/aromatic N) is 2. The van der Waals surface area contributed by atoms with E-state index in [0.29, 0.717) is 12.2 Å². The van der Waals surface area contributed by atoms with Crippen molar-refractivity contribution in [1.82, 2.24) is 9.88 Å². The number of hydrogen-bond donors (Lipinski definition) is 3. The van der Waals surface area contributed by atoms with Gasteiger partial charge in [-0.25, -0.2) is 22.6 Å². The molecule has 8 nitrogen and oxygen atoms in total. The van der Waals surface area contributed by atoms with E-state index in [-0.39, 0.29) is 16.2 Å². The average Bonchev–Trinajstić information content (AvgIpc) is 3.27. The van der Waals surface area contributed by atoms with Gasteiger partial charge in [0.05, 0.1) is 16.8 Å². The van der Waals surface area contributed by atoms with E-state index in [2.05, 4.69) is 15.0 Å². The summed E-state index contributed by atoms with van der Waals surface area (Å²) in [7, 11) is -0.290. The second kappa shape index (κ2) is 12.3. The molecule has 36 heavy (non-hydrogen) atoms. The Morgan fingerprint density at radius 1 is 1.22 bits per heavy atom. The summed E-state index contributed by atoms with van der Waals surface area (Å²) in [6.07, 6.45) is -3.63. The largest absolute Gasteiger partial charge is 0.490 e. The Bertz CT molecular complexity index is 1260. The van der Waals surface area contributed by atoms with Gasteiger partial charge in [0.15, 0.2) is 5.13 Å². The number of anilines is 2. The minimum atomic E-state index is -5.08. The highest BCUT2D eigenvalue weighted by Gasteiger charge is 2.38. The Hall–Kier alpha value is -2.94. The Balaban J connectivity index is 0.000000572. The van der Waals surface area contributed by atoms with Gasteiger partial charge in [-0.15, -0.1) is 11.3 Å². The van der Waals surface area contributed by atoms with Gasteiger partial charge in [0.1, 0.15) is 10.7 Å². The van der Waals surface area contributed by atoms with Crippen molar-refractivity contribution in [3.8, 4) is 0 Å². The predicted molar refractivity (Wildman–Crippen MR) is 129 cm³/mol. The minimum absolute atomic E-state index is 0.102. The van der Waals surface area contributed by atoms with Crippen LogP contribution in [-0.2, 0) is 14.8 Å². The van der Waals surface area contributed by atoms with Crippen molar-refractivity contribution in [3.63, 3.8) is 0 Å². The molecule has 3 aromatic rings. The zero-order valence-electron chi connectivity index (χ0n) is 18.8. The summed E-state index contributed by atoms with van der Waals surface area (Å²) in [5.41, 5.74) is 1.31. The first-order chi connectivity index (χ1) is 16.7. The van der Waals surface area contributed by atoms with Crippen molar-refractivity contribution >= 4 is 49.7 Å². The number of likely N-dealkylation sites (N-methyl/N-ethyl adjacent to an activating group) is 1. The number of aliphatic carboxylic acids is 1. The molecule has 0 bridgehead atoms. The van der Waals surface area contributed by atoms with E-state index in [1.165, 1.54) is 6.20 Å². The summed E-state index contributed by atoms with van der Waals surface area (Å²) in [4.78, 5) is 14.2. The first kappa shape index (κ1) is 29.3. The zero-order valence-corrected chi connectivity index (χ0v) is 21.1. The maximum atomic E-state index is 14.7. The van der Waals surface area contributed by atoms with Crippen molar-refractivity contribution in [1.29, 1.82) is 0 Å². The number of alkyl halides is 3. The van der Waals surface area contributed by atoms with Crippen molar-refractivity contribution in [3.05, 3.63) is 70.4 Å².